The summed E-state index contributed by atoms with van der Waals surface area (Å²) in [6, 6.07) is 6.03. The van der Waals surface area contributed by atoms with E-state index < -0.39 is 0 Å². The normalized spacial score (nSPS) is 20.6. The molecule has 0 unspecified atom stereocenters. The van der Waals surface area contributed by atoms with E-state index in [9.17, 15) is 0 Å². The van der Waals surface area contributed by atoms with E-state index in [1.54, 1.807) is 0 Å². The summed E-state index contributed by atoms with van der Waals surface area (Å²) in [6.07, 6.45) is 0. The Kier molecular flexibility index (Phi) is 3.36. The van der Waals surface area contributed by atoms with Gasteiger partial charge in [-0.25, -0.2) is 0 Å². The second-order valence-corrected chi connectivity index (χ2v) is 6.22. The molecule has 1 aliphatic rings. The van der Waals surface area contributed by atoms with Crippen LogP contribution in [0, 0.1) is 0 Å². The van der Waals surface area contributed by atoms with Gasteiger partial charge >= 0.3 is 0 Å². The molecule has 94 valence electrons. The molecule has 4 heteroatoms. The number of rotatable bonds is 1. The molecule has 2 N–H and O–H groups in total. The summed E-state index contributed by atoms with van der Waals surface area (Å²) < 4.78 is 1.08. The van der Waals surface area contributed by atoms with Crippen molar-refractivity contribution in [1.29, 1.82) is 0 Å². The monoisotopic (exact) mass is 297 g/mol. The van der Waals surface area contributed by atoms with E-state index in [0.29, 0.717) is 0 Å². The smallest absolute Gasteiger partial charge is 0.0513 e. The van der Waals surface area contributed by atoms with Gasteiger partial charge in [0.15, 0.2) is 0 Å². The Balaban J connectivity index is 2.24. The van der Waals surface area contributed by atoms with Crippen LogP contribution in [0.3, 0.4) is 0 Å². The maximum Gasteiger partial charge on any atom is 0.0513 e. The highest BCUT2D eigenvalue weighted by Gasteiger charge is 2.31. The molecule has 1 heterocycles. The first-order chi connectivity index (χ1) is 7.90. The first-order valence-electron chi connectivity index (χ1n) is 5.91. The van der Waals surface area contributed by atoms with Crippen molar-refractivity contribution in [2.24, 2.45) is 0 Å². The predicted molar refractivity (Wildman–Crippen MR) is 77.5 cm³/mol. The summed E-state index contributed by atoms with van der Waals surface area (Å²) in [7, 11) is 2.19. The lowest BCUT2D eigenvalue weighted by molar-refractivity contribution is 0.139. The highest BCUT2D eigenvalue weighted by Crippen LogP contribution is 2.31. The summed E-state index contributed by atoms with van der Waals surface area (Å²) in [4.78, 5) is 4.83. The second kappa shape index (κ2) is 4.50. The van der Waals surface area contributed by atoms with Crippen LogP contribution < -0.4 is 10.6 Å². The zero-order chi connectivity index (χ0) is 12.6. The van der Waals surface area contributed by atoms with Crippen LogP contribution in [0.4, 0.5) is 11.4 Å². The molecular formula is C13H20BrN3. The minimum Gasteiger partial charge on any atom is -0.399 e. The van der Waals surface area contributed by atoms with Crippen molar-refractivity contribution in [3.05, 3.63) is 22.7 Å². The van der Waals surface area contributed by atoms with E-state index in [4.69, 9.17) is 5.73 Å². The van der Waals surface area contributed by atoms with Crippen molar-refractivity contribution in [2.75, 3.05) is 37.3 Å². The summed E-state index contributed by atoms with van der Waals surface area (Å²) in [6.45, 7) is 7.74. The fraction of sp³-hybridized carbons (Fsp3) is 0.538. The Morgan fingerprint density at radius 2 is 2.00 bits per heavy atom. The van der Waals surface area contributed by atoms with Gasteiger partial charge in [0.1, 0.15) is 0 Å². The molecule has 0 aliphatic carbocycles. The quantitative estimate of drug-likeness (QED) is 0.809. The van der Waals surface area contributed by atoms with Crippen molar-refractivity contribution >= 4 is 27.3 Å². The average molecular weight is 298 g/mol. The topological polar surface area (TPSA) is 32.5 Å². The average Bonchev–Trinajstić information content (AvgIpc) is 2.22. The molecule has 0 aromatic heterocycles. The molecule has 1 aromatic rings. The molecule has 0 atom stereocenters. The molecule has 1 aromatic carbocycles. The Bertz CT molecular complexity index is 417. The number of likely N-dealkylation sites (N-methyl/N-ethyl adjacent to an activating group) is 1. The van der Waals surface area contributed by atoms with Crippen molar-refractivity contribution in [3.63, 3.8) is 0 Å². The van der Waals surface area contributed by atoms with Gasteiger partial charge < -0.3 is 10.6 Å². The number of halogens is 1. The van der Waals surface area contributed by atoms with Gasteiger partial charge in [0.05, 0.1) is 5.69 Å². The van der Waals surface area contributed by atoms with Crippen LogP contribution in [0.2, 0.25) is 0 Å². The van der Waals surface area contributed by atoms with Crippen LogP contribution in [0.5, 0.6) is 0 Å². The Morgan fingerprint density at radius 1 is 1.29 bits per heavy atom. The van der Waals surface area contributed by atoms with Gasteiger partial charge in [0.25, 0.3) is 0 Å². The summed E-state index contributed by atoms with van der Waals surface area (Å²) in [5.74, 6) is 0. The molecule has 1 saturated heterocycles. The van der Waals surface area contributed by atoms with Crippen molar-refractivity contribution in [3.8, 4) is 0 Å². The highest BCUT2D eigenvalue weighted by atomic mass is 79.9. The molecule has 0 spiro atoms. The molecule has 0 amide bonds. The Labute approximate surface area is 112 Å². The second-order valence-electron chi connectivity index (χ2n) is 5.37. The summed E-state index contributed by atoms with van der Waals surface area (Å²) >= 11 is 3.60. The van der Waals surface area contributed by atoms with Gasteiger partial charge in [-0.1, -0.05) is 0 Å². The number of anilines is 2. The molecule has 0 saturated carbocycles. The number of hydrogen-bond donors (Lipinski definition) is 1. The van der Waals surface area contributed by atoms with Crippen LogP contribution >= 0.6 is 15.9 Å². The van der Waals surface area contributed by atoms with E-state index >= 15 is 0 Å². The van der Waals surface area contributed by atoms with Crippen LogP contribution in [-0.4, -0.2) is 37.1 Å². The third-order valence-corrected chi connectivity index (χ3v) is 4.26. The molecule has 0 radical (unpaired) electrons. The van der Waals surface area contributed by atoms with Crippen LogP contribution in [0.25, 0.3) is 0 Å². The van der Waals surface area contributed by atoms with Gasteiger partial charge in [0, 0.05) is 35.3 Å². The van der Waals surface area contributed by atoms with E-state index in [1.165, 1.54) is 5.69 Å². The number of benzene rings is 1. The molecule has 1 aliphatic heterocycles. The van der Waals surface area contributed by atoms with Gasteiger partial charge in [-0.15, -0.1) is 0 Å². The van der Waals surface area contributed by atoms with Crippen molar-refractivity contribution < 1.29 is 0 Å². The molecule has 17 heavy (non-hydrogen) atoms. The Hall–Kier alpha value is -0.740. The van der Waals surface area contributed by atoms with Crippen molar-refractivity contribution in [1.82, 2.24) is 4.90 Å². The first-order valence-corrected chi connectivity index (χ1v) is 6.71. The molecule has 1 fully saturated rings. The number of nitrogen functional groups attached to an aromatic ring is 1. The van der Waals surface area contributed by atoms with E-state index in [0.717, 1.165) is 29.8 Å². The lowest BCUT2D eigenvalue weighted by atomic mass is 9.99. The van der Waals surface area contributed by atoms with E-state index in [1.807, 2.05) is 12.1 Å². The minimum atomic E-state index is 0.207. The van der Waals surface area contributed by atoms with E-state index in [2.05, 4.69) is 52.7 Å². The zero-order valence-electron chi connectivity index (χ0n) is 10.7. The summed E-state index contributed by atoms with van der Waals surface area (Å²) in [5, 5.41) is 0. The number of hydrogen-bond acceptors (Lipinski definition) is 3. The first kappa shape index (κ1) is 12.7. The van der Waals surface area contributed by atoms with Crippen LogP contribution in [0.1, 0.15) is 13.8 Å². The number of piperazine rings is 1. The number of nitrogens with two attached hydrogens (primary N) is 1. The molecule has 3 nitrogen and oxygen atoms in total. The van der Waals surface area contributed by atoms with Gasteiger partial charge in [-0.05, 0) is 55.0 Å². The zero-order valence-corrected chi connectivity index (χ0v) is 12.3. The maximum absolute atomic E-state index is 5.78. The lowest BCUT2D eigenvalue weighted by Gasteiger charge is -2.46. The van der Waals surface area contributed by atoms with E-state index in [-0.39, 0.29) is 5.54 Å². The fourth-order valence-electron chi connectivity index (χ4n) is 2.23. The third-order valence-electron chi connectivity index (χ3n) is 3.63. The number of nitrogens with zero attached hydrogens (tertiary/aromatic N) is 2. The SMILES string of the molecule is CN1CCN(c2ccc(N)cc2Br)CC1(C)C. The maximum atomic E-state index is 5.78. The third kappa shape index (κ3) is 2.58. The van der Waals surface area contributed by atoms with Crippen molar-refractivity contribution in [2.45, 2.75) is 19.4 Å². The van der Waals surface area contributed by atoms with Gasteiger partial charge in [-0.3, -0.25) is 4.90 Å². The van der Waals surface area contributed by atoms with Crippen LogP contribution in [0.15, 0.2) is 22.7 Å². The van der Waals surface area contributed by atoms with Gasteiger partial charge in [0.2, 0.25) is 0 Å². The van der Waals surface area contributed by atoms with Gasteiger partial charge in [-0.2, -0.15) is 0 Å². The van der Waals surface area contributed by atoms with Crippen LogP contribution in [-0.2, 0) is 0 Å². The lowest BCUT2D eigenvalue weighted by Crippen LogP contribution is -2.57. The molecule has 2 rings (SSSR count). The fourth-order valence-corrected chi connectivity index (χ4v) is 2.87. The summed E-state index contributed by atoms with van der Waals surface area (Å²) in [5.41, 5.74) is 8.02. The Morgan fingerprint density at radius 3 is 2.59 bits per heavy atom. The molecule has 0 bridgehead atoms. The largest absolute Gasteiger partial charge is 0.399 e. The standard InChI is InChI=1S/C13H20BrN3/c1-13(2)9-17(7-6-16(13)3)12-5-4-10(15)8-11(12)14/h4-5,8H,6-7,9,15H2,1-3H3. The highest BCUT2D eigenvalue weighted by molar-refractivity contribution is 9.10. The molecular weight excluding hydrogens is 278 g/mol. The predicted octanol–water partition coefficient (Wildman–Crippen LogP) is 2.56. The minimum absolute atomic E-state index is 0.207.